The maximum atomic E-state index is 5.29. The number of benzene rings is 1. The molecule has 0 bridgehead atoms. The molecule has 1 rings (SSSR count). The summed E-state index contributed by atoms with van der Waals surface area (Å²) >= 11 is 0. The minimum absolute atomic E-state index is 0.695. The van der Waals surface area contributed by atoms with Gasteiger partial charge >= 0.3 is 0 Å². The predicted octanol–water partition coefficient (Wildman–Crippen LogP) is 2.12. The lowest BCUT2D eigenvalue weighted by Crippen LogP contribution is -2.03. The van der Waals surface area contributed by atoms with Crippen molar-refractivity contribution in [3.05, 3.63) is 41.2 Å². The van der Waals surface area contributed by atoms with Gasteiger partial charge in [0.25, 0.3) is 0 Å². The van der Waals surface area contributed by atoms with E-state index in [1.165, 1.54) is 0 Å². The lowest BCUT2D eigenvalue weighted by molar-refractivity contribution is 0.318. The van der Waals surface area contributed by atoms with E-state index in [9.17, 15) is 0 Å². The zero-order chi connectivity index (χ0) is 15.0. The van der Waals surface area contributed by atoms with Crippen LogP contribution in [0.15, 0.2) is 40.2 Å². The van der Waals surface area contributed by atoms with Crippen LogP contribution in [-0.4, -0.2) is 57.7 Å². The van der Waals surface area contributed by atoms with Crippen LogP contribution in [0.25, 0.3) is 6.08 Å². The molecule has 0 unspecified atom stereocenters. The van der Waals surface area contributed by atoms with Gasteiger partial charge in [0.1, 0.15) is 5.76 Å². The number of hydrogen-bond donors (Lipinski definition) is 0. The molecule has 0 saturated carbocycles. The summed E-state index contributed by atoms with van der Waals surface area (Å²) in [5, 5.41) is 11.8. The van der Waals surface area contributed by atoms with Gasteiger partial charge in [-0.3, -0.25) is 0 Å². The molecule has 0 saturated heterocycles. The molecule has 0 fully saturated rings. The highest BCUT2D eigenvalue weighted by Gasteiger charge is 1.96. The van der Waals surface area contributed by atoms with E-state index in [2.05, 4.69) is 10.2 Å². The zero-order valence-corrected chi connectivity index (χ0v) is 12.7. The van der Waals surface area contributed by atoms with Crippen molar-refractivity contribution in [1.82, 2.24) is 10.0 Å². The molecule has 0 aromatic heterocycles. The normalized spacial score (nSPS) is 12.2. The van der Waals surface area contributed by atoms with E-state index in [-0.39, 0.29) is 0 Å². The Morgan fingerprint density at radius 3 is 2.30 bits per heavy atom. The quantitative estimate of drug-likeness (QED) is 0.453. The fourth-order valence-electron chi connectivity index (χ4n) is 1.40. The van der Waals surface area contributed by atoms with Crippen molar-refractivity contribution in [2.24, 2.45) is 10.2 Å². The van der Waals surface area contributed by atoms with Crippen LogP contribution in [0, 0.1) is 0 Å². The summed E-state index contributed by atoms with van der Waals surface area (Å²) in [6.45, 7) is 0. The summed E-state index contributed by atoms with van der Waals surface area (Å²) in [6.07, 6.45) is 5.43. The van der Waals surface area contributed by atoms with Gasteiger partial charge in [0.2, 0.25) is 0 Å². The van der Waals surface area contributed by atoms with E-state index in [1.807, 2.05) is 64.7 Å². The van der Waals surface area contributed by atoms with Crippen molar-refractivity contribution in [2.45, 2.75) is 0 Å². The highest BCUT2D eigenvalue weighted by atomic mass is 16.5. The molecule has 0 spiro atoms. The van der Waals surface area contributed by atoms with Crippen molar-refractivity contribution >= 4 is 18.5 Å². The molecule has 1 aromatic rings. The predicted molar refractivity (Wildman–Crippen MR) is 84.9 cm³/mol. The highest BCUT2D eigenvalue weighted by Crippen LogP contribution is 2.09. The van der Waals surface area contributed by atoms with E-state index in [0.717, 1.165) is 11.1 Å². The Bertz CT molecular complexity index is 504. The third-order valence-electron chi connectivity index (χ3n) is 2.31. The molecule has 0 amide bonds. The minimum Gasteiger partial charge on any atom is -0.495 e. The van der Waals surface area contributed by atoms with Crippen molar-refractivity contribution in [2.75, 3.05) is 35.3 Å². The second-order valence-electron chi connectivity index (χ2n) is 4.60. The van der Waals surface area contributed by atoms with Gasteiger partial charge in [0, 0.05) is 28.2 Å². The number of nitrogens with zero attached hydrogens (tertiary/aromatic N) is 4. The first-order valence-corrected chi connectivity index (χ1v) is 6.29. The number of hydrogen-bond acceptors (Lipinski definition) is 5. The molecule has 0 aliphatic rings. The van der Waals surface area contributed by atoms with Gasteiger partial charge in [-0.15, -0.1) is 0 Å². The van der Waals surface area contributed by atoms with Crippen LogP contribution in [0.2, 0.25) is 0 Å². The van der Waals surface area contributed by atoms with Gasteiger partial charge in [0.15, 0.2) is 0 Å². The summed E-state index contributed by atoms with van der Waals surface area (Å²) < 4.78 is 5.29. The summed E-state index contributed by atoms with van der Waals surface area (Å²) in [4.78, 5) is 0. The van der Waals surface area contributed by atoms with Crippen molar-refractivity contribution < 1.29 is 4.74 Å². The highest BCUT2D eigenvalue weighted by molar-refractivity contribution is 5.85. The molecule has 5 heteroatoms. The lowest BCUT2D eigenvalue weighted by atomic mass is 10.1. The standard InChI is InChI=1S/C15H22N4O/c1-18(2)16-11-14-8-6-7-13(9-14)10-15(20-5)12-17-19(3)4/h6-12H,1-5H3/b15-10-,16-11-,17-12-. The molecular weight excluding hydrogens is 252 g/mol. The van der Waals surface area contributed by atoms with E-state index in [4.69, 9.17) is 4.74 Å². The van der Waals surface area contributed by atoms with Crippen LogP contribution in [0.4, 0.5) is 0 Å². The SMILES string of the molecule is COC(/C=N\N(C)C)=C\c1cccc(/C=N\N(C)C)c1. The molecule has 0 aliphatic carbocycles. The van der Waals surface area contributed by atoms with E-state index < -0.39 is 0 Å². The Balaban J connectivity index is 2.92. The molecule has 0 atom stereocenters. The van der Waals surface area contributed by atoms with Gasteiger partial charge in [-0.1, -0.05) is 18.2 Å². The number of allylic oxidation sites excluding steroid dienone is 1. The monoisotopic (exact) mass is 274 g/mol. The molecule has 0 radical (unpaired) electrons. The molecular formula is C15H22N4O. The summed E-state index contributed by atoms with van der Waals surface area (Å²) in [5.74, 6) is 0.695. The van der Waals surface area contributed by atoms with E-state index >= 15 is 0 Å². The van der Waals surface area contributed by atoms with Gasteiger partial charge in [-0.05, 0) is 23.3 Å². The molecule has 20 heavy (non-hydrogen) atoms. The fourth-order valence-corrected chi connectivity index (χ4v) is 1.40. The summed E-state index contributed by atoms with van der Waals surface area (Å²) in [6, 6.07) is 8.04. The average Bonchev–Trinajstić information content (AvgIpc) is 2.41. The maximum Gasteiger partial charge on any atom is 0.139 e. The number of ether oxygens (including phenoxy) is 1. The van der Waals surface area contributed by atoms with Crippen molar-refractivity contribution in [3.63, 3.8) is 0 Å². The van der Waals surface area contributed by atoms with Gasteiger partial charge in [-0.2, -0.15) is 10.2 Å². The summed E-state index contributed by atoms with van der Waals surface area (Å²) in [7, 11) is 9.14. The van der Waals surface area contributed by atoms with E-state index in [0.29, 0.717) is 5.76 Å². The Labute approximate surface area is 120 Å². The van der Waals surface area contributed by atoms with Gasteiger partial charge in [-0.25, -0.2) is 0 Å². The number of rotatable bonds is 6. The third-order valence-corrected chi connectivity index (χ3v) is 2.31. The van der Waals surface area contributed by atoms with Crippen molar-refractivity contribution in [3.8, 4) is 0 Å². The Morgan fingerprint density at radius 2 is 1.70 bits per heavy atom. The van der Waals surface area contributed by atoms with Crippen LogP contribution in [-0.2, 0) is 4.74 Å². The molecule has 5 nitrogen and oxygen atoms in total. The Kier molecular flexibility index (Phi) is 6.29. The zero-order valence-electron chi connectivity index (χ0n) is 12.7. The third kappa shape index (κ3) is 6.04. The molecule has 1 aromatic carbocycles. The Hall–Kier alpha value is -2.30. The molecule has 108 valence electrons. The Morgan fingerprint density at radius 1 is 1.05 bits per heavy atom. The maximum absolute atomic E-state index is 5.29. The second-order valence-corrected chi connectivity index (χ2v) is 4.60. The van der Waals surface area contributed by atoms with Gasteiger partial charge in [0.05, 0.1) is 19.5 Å². The smallest absolute Gasteiger partial charge is 0.139 e. The molecule has 0 N–H and O–H groups in total. The largest absolute Gasteiger partial charge is 0.495 e. The number of hydrazone groups is 2. The lowest BCUT2D eigenvalue weighted by Gasteiger charge is -2.05. The van der Waals surface area contributed by atoms with E-state index in [1.54, 1.807) is 23.3 Å². The topological polar surface area (TPSA) is 40.4 Å². The number of methoxy groups -OCH3 is 1. The van der Waals surface area contributed by atoms with Crippen LogP contribution >= 0.6 is 0 Å². The van der Waals surface area contributed by atoms with Gasteiger partial charge < -0.3 is 14.8 Å². The molecule has 0 aliphatic heterocycles. The van der Waals surface area contributed by atoms with Crippen molar-refractivity contribution in [1.29, 1.82) is 0 Å². The van der Waals surface area contributed by atoms with Crippen LogP contribution < -0.4 is 0 Å². The minimum atomic E-state index is 0.695. The van der Waals surface area contributed by atoms with Crippen LogP contribution in [0.1, 0.15) is 11.1 Å². The summed E-state index contributed by atoms with van der Waals surface area (Å²) in [5.41, 5.74) is 2.07. The first-order chi connectivity index (χ1) is 9.51. The first-order valence-electron chi connectivity index (χ1n) is 6.29. The van der Waals surface area contributed by atoms with Crippen LogP contribution in [0.5, 0.6) is 0 Å². The second kappa shape index (κ2) is 7.99. The molecule has 0 heterocycles. The first kappa shape index (κ1) is 15.8. The fraction of sp³-hybridized carbons (Fsp3) is 0.333. The average molecular weight is 274 g/mol. The van der Waals surface area contributed by atoms with Crippen LogP contribution in [0.3, 0.4) is 0 Å².